The molecule has 2 aromatic carbocycles. The minimum atomic E-state index is 0.0147. The summed E-state index contributed by atoms with van der Waals surface area (Å²) in [4.78, 5) is 12.1. The highest BCUT2D eigenvalue weighted by atomic mass is 35.5. The topological polar surface area (TPSA) is 92.3 Å². The summed E-state index contributed by atoms with van der Waals surface area (Å²) in [5.74, 6) is 1.50. The highest BCUT2D eigenvalue weighted by Gasteiger charge is 2.10. The first-order valence-electron chi connectivity index (χ1n) is 9.97. The van der Waals surface area contributed by atoms with Gasteiger partial charge < -0.3 is 24.9 Å². The van der Waals surface area contributed by atoms with Gasteiger partial charge in [-0.15, -0.1) is 0 Å². The van der Waals surface area contributed by atoms with Crippen LogP contribution in [0, 0.1) is 0 Å². The van der Waals surface area contributed by atoms with E-state index in [2.05, 4.69) is 20.3 Å². The Bertz CT molecular complexity index is 1130. The van der Waals surface area contributed by atoms with Gasteiger partial charge in [0.05, 0.1) is 25.2 Å². The van der Waals surface area contributed by atoms with Gasteiger partial charge in [-0.3, -0.25) is 0 Å². The number of rotatable bonds is 10. The Morgan fingerprint density at radius 3 is 2.65 bits per heavy atom. The third-order valence-corrected chi connectivity index (χ3v) is 5.10. The van der Waals surface area contributed by atoms with Gasteiger partial charge in [0.2, 0.25) is 0 Å². The Kier molecular flexibility index (Phi) is 6.99. The van der Waals surface area contributed by atoms with E-state index in [9.17, 15) is 0 Å². The van der Waals surface area contributed by atoms with E-state index in [1.54, 1.807) is 0 Å². The lowest BCUT2D eigenvalue weighted by Crippen LogP contribution is -2.08. The third kappa shape index (κ3) is 5.32. The molecule has 31 heavy (non-hydrogen) atoms. The molecule has 4 rings (SSSR count). The third-order valence-electron chi connectivity index (χ3n) is 4.73. The molecule has 0 aliphatic heterocycles. The minimum Gasteiger partial charge on any atom is -0.491 e. The van der Waals surface area contributed by atoms with E-state index in [1.165, 1.54) is 6.33 Å². The number of anilines is 1. The van der Waals surface area contributed by atoms with Crippen LogP contribution in [0.4, 0.5) is 5.82 Å². The molecule has 0 saturated carbocycles. The van der Waals surface area contributed by atoms with Crippen molar-refractivity contribution < 1.29 is 14.6 Å². The standard InChI is InChI=1S/C23H23ClN4O3/c24-20-4-2-1-3-17(20)14-25-22-19-13-21(28-23(19)27-15-26-22)16-5-7-18(8-6-16)31-12-11-30-10-9-29/h1-8,13,15,29H,9-12,14H2,(H2,25,26,27,28). The lowest BCUT2D eigenvalue weighted by Gasteiger charge is -2.07. The maximum atomic E-state index is 8.70. The maximum Gasteiger partial charge on any atom is 0.143 e. The van der Waals surface area contributed by atoms with E-state index in [-0.39, 0.29) is 6.61 Å². The lowest BCUT2D eigenvalue weighted by atomic mass is 10.1. The average Bonchev–Trinajstić information content (AvgIpc) is 3.24. The molecule has 0 spiro atoms. The SMILES string of the molecule is OCCOCCOc1ccc(-c2cc3c(NCc4ccccc4Cl)ncnc3[nH]2)cc1. The van der Waals surface area contributed by atoms with E-state index in [4.69, 9.17) is 26.2 Å². The van der Waals surface area contributed by atoms with Crippen LogP contribution in [0.3, 0.4) is 0 Å². The van der Waals surface area contributed by atoms with Crippen molar-refractivity contribution in [2.24, 2.45) is 0 Å². The zero-order valence-corrected chi connectivity index (χ0v) is 17.6. The minimum absolute atomic E-state index is 0.0147. The van der Waals surface area contributed by atoms with Crippen molar-refractivity contribution in [2.45, 2.75) is 6.54 Å². The van der Waals surface area contributed by atoms with E-state index in [0.717, 1.165) is 44.4 Å². The van der Waals surface area contributed by atoms with Crippen molar-refractivity contribution in [3.63, 3.8) is 0 Å². The average molecular weight is 439 g/mol. The van der Waals surface area contributed by atoms with Crippen LogP contribution in [-0.4, -0.2) is 46.5 Å². The van der Waals surface area contributed by atoms with Gasteiger partial charge in [-0.05, 0) is 47.5 Å². The number of hydrogen-bond donors (Lipinski definition) is 3. The Morgan fingerprint density at radius 1 is 1.00 bits per heavy atom. The van der Waals surface area contributed by atoms with Gasteiger partial charge in [-0.1, -0.05) is 29.8 Å². The Morgan fingerprint density at radius 2 is 1.84 bits per heavy atom. The van der Waals surface area contributed by atoms with Gasteiger partial charge in [-0.25, -0.2) is 9.97 Å². The lowest BCUT2D eigenvalue weighted by molar-refractivity contribution is 0.0705. The molecule has 0 atom stereocenters. The number of ether oxygens (including phenoxy) is 2. The Balaban J connectivity index is 1.45. The molecule has 0 radical (unpaired) electrons. The molecule has 0 saturated heterocycles. The summed E-state index contributed by atoms with van der Waals surface area (Å²) in [5, 5.41) is 13.7. The van der Waals surface area contributed by atoms with Crippen molar-refractivity contribution >= 4 is 28.5 Å². The molecule has 160 valence electrons. The van der Waals surface area contributed by atoms with Gasteiger partial charge in [-0.2, -0.15) is 0 Å². The van der Waals surface area contributed by atoms with Crippen molar-refractivity contribution in [3.8, 4) is 17.0 Å². The fourth-order valence-electron chi connectivity index (χ4n) is 3.17. The molecule has 8 heteroatoms. The zero-order chi connectivity index (χ0) is 21.5. The van der Waals surface area contributed by atoms with E-state index < -0.39 is 0 Å². The molecule has 0 bridgehead atoms. The summed E-state index contributed by atoms with van der Waals surface area (Å²) < 4.78 is 10.8. The highest BCUT2D eigenvalue weighted by Crippen LogP contribution is 2.28. The van der Waals surface area contributed by atoms with Crippen LogP contribution in [-0.2, 0) is 11.3 Å². The predicted molar refractivity (Wildman–Crippen MR) is 122 cm³/mol. The first-order valence-corrected chi connectivity index (χ1v) is 10.4. The molecular formula is C23H23ClN4O3. The number of halogens is 1. The second-order valence-electron chi connectivity index (χ2n) is 6.82. The highest BCUT2D eigenvalue weighted by molar-refractivity contribution is 6.31. The van der Waals surface area contributed by atoms with Crippen LogP contribution < -0.4 is 10.1 Å². The number of aromatic amines is 1. The molecule has 0 aliphatic rings. The second-order valence-corrected chi connectivity index (χ2v) is 7.23. The smallest absolute Gasteiger partial charge is 0.143 e. The number of nitrogens with one attached hydrogen (secondary N) is 2. The van der Waals surface area contributed by atoms with Crippen LogP contribution in [0.1, 0.15) is 5.56 Å². The first kappa shape index (κ1) is 21.1. The summed E-state index contributed by atoms with van der Waals surface area (Å²) in [6.07, 6.45) is 1.54. The van der Waals surface area contributed by atoms with Crippen LogP contribution in [0.2, 0.25) is 5.02 Å². The van der Waals surface area contributed by atoms with Crippen LogP contribution >= 0.6 is 11.6 Å². The zero-order valence-electron chi connectivity index (χ0n) is 16.8. The van der Waals surface area contributed by atoms with Crippen LogP contribution in [0.25, 0.3) is 22.3 Å². The number of H-pyrrole nitrogens is 1. The first-order chi connectivity index (χ1) is 15.2. The van der Waals surface area contributed by atoms with Crippen LogP contribution in [0.15, 0.2) is 60.9 Å². The molecule has 0 unspecified atom stereocenters. The van der Waals surface area contributed by atoms with Crippen molar-refractivity contribution in [3.05, 3.63) is 71.5 Å². The fourth-order valence-corrected chi connectivity index (χ4v) is 3.38. The molecule has 0 amide bonds. The van der Waals surface area contributed by atoms with Gasteiger partial charge in [0.25, 0.3) is 0 Å². The monoisotopic (exact) mass is 438 g/mol. The van der Waals surface area contributed by atoms with Crippen molar-refractivity contribution in [1.29, 1.82) is 0 Å². The maximum absolute atomic E-state index is 8.70. The largest absolute Gasteiger partial charge is 0.491 e. The number of aliphatic hydroxyl groups excluding tert-OH is 1. The Labute approximate surface area is 185 Å². The number of aromatic nitrogens is 3. The Hall–Kier alpha value is -3.13. The number of aliphatic hydroxyl groups is 1. The van der Waals surface area contributed by atoms with Gasteiger partial charge in [0.1, 0.15) is 30.1 Å². The summed E-state index contributed by atoms with van der Waals surface area (Å²) in [5.41, 5.74) is 3.71. The molecule has 0 aliphatic carbocycles. The second kappa shape index (κ2) is 10.3. The number of hydrogen-bond acceptors (Lipinski definition) is 6. The quantitative estimate of drug-likeness (QED) is 0.320. The van der Waals surface area contributed by atoms with E-state index in [0.29, 0.717) is 26.4 Å². The molecular weight excluding hydrogens is 416 g/mol. The number of nitrogens with zero attached hydrogens (tertiary/aromatic N) is 2. The summed E-state index contributed by atoms with van der Waals surface area (Å²) in [7, 11) is 0. The van der Waals surface area contributed by atoms with Crippen LogP contribution in [0.5, 0.6) is 5.75 Å². The van der Waals surface area contributed by atoms with Crippen molar-refractivity contribution in [1.82, 2.24) is 15.0 Å². The molecule has 2 aromatic heterocycles. The van der Waals surface area contributed by atoms with Crippen molar-refractivity contribution in [2.75, 3.05) is 31.7 Å². The summed E-state index contributed by atoms with van der Waals surface area (Å²) >= 11 is 6.25. The molecule has 0 fully saturated rings. The van der Waals surface area contributed by atoms with Gasteiger partial charge >= 0.3 is 0 Å². The fraction of sp³-hybridized carbons (Fsp3) is 0.217. The predicted octanol–water partition coefficient (Wildman–Crippen LogP) is 4.28. The summed E-state index contributed by atoms with van der Waals surface area (Å²) in [6.45, 7) is 1.77. The van der Waals surface area contributed by atoms with E-state index >= 15 is 0 Å². The number of fused-ring (bicyclic) bond motifs is 1. The van der Waals surface area contributed by atoms with Gasteiger partial charge in [0.15, 0.2) is 0 Å². The molecule has 4 aromatic rings. The normalized spacial score (nSPS) is 11.0. The van der Waals surface area contributed by atoms with Gasteiger partial charge in [0, 0.05) is 17.3 Å². The van der Waals surface area contributed by atoms with E-state index in [1.807, 2.05) is 54.6 Å². The molecule has 3 N–H and O–H groups in total. The summed E-state index contributed by atoms with van der Waals surface area (Å²) in [6, 6.07) is 17.6. The molecule has 7 nitrogen and oxygen atoms in total. The molecule has 2 heterocycles. The number of benzene rings is 2.